The molecule has 0 bridgehead atoms. The molecule has 1 N–H and O–H groups in total. The Hall–Kier alpha value is -1.53. The van der Waals surface area contributed by atoms with Crippen LogP contribution in [0.2, 0.25) is 0 Å². The number of hydrogen-bond acceptors (Lipinski definition) is 3. The van der Waals surface area contributed by atoms with Gasteiger partial charge in [0.25, 0.3) is 0 Å². The lowest BCUT2D eigenvalue weighted by Gasteiger charge is -2.16. The van der Waals surface area contributed by atoms with Gasteiger partial charge in [0, 0.05) is 15.3 Å². The predicted molar refractivity (Wildman–Crippen MR) is 71.0 cm³/mol. The molecule has 1 heterocycles. The molecule has 2 nitrogen and oxygen atoms in total. The van der Waals surface area contributed by atoms with Gasteiger partial charge in [-0.3, -0.25) is 0 Å². The number of benzene rings is 1. The fourth-order valence-corrected chi connectivity index (χ4v) is 2.86. The first kappa shape index (κ1) is 14.9. The smallest absolute Gasteiger partial charge is 0.405 e. The SMILES string of the molecule is Cc1cc(C(O)c2ccccc2OC(F)(F)F)sc1C. The topological polar surface area (TPSA) is 29.5 Å². The third-order valence-electron chi connectivity index (χ3n) is 2.89. The highest BCUT2D eigenvalue weighted by atomic mass is 32.1. The van der Waals surface area contributed by atoms with E-state index >= 15 is 0 Å². The lowest BCUT2D eigenvalue weighted by atomic mass is 10.1. The number of aliphatic hydroxyl groups is 1. The normalized spacial score (nSPS) is 13.3. The molecule has 20 heavy (non-hydrogen) atoms. The van der Waals surface area contributed by atoms with E-state index in [9.17, 15) is 18.3 Å². The van der Waals surface area contributed by atoms with Crippen molar-refractivity contribution in [2.75, 3.05) is 0 Å². The first-order valence-electron chi connectivity index (χ1n) is 5.87. The monoisotopic (exact) mass is 302 g/mol. The average molecular weight is 302 g/mol. The number of alkyl halides is 3. The van der Waals surface area contributed by atoms with Crippen LogP contribution in [0.1, 0.15) is 27.0 Å². The molecule has 6 heteroatoms. The Morgan fingerprint density at radius 1 is 1.20 bits per heavy atom. The van der Waals surface area contributed by atoms with Gasteiger partial charge >= 0.3 is 6.36 Å². The molecule has 0 aliphatic rings. The minimum absolute atomic E-state index is 0.103. The van der Waals surface area contributed by atoms with Crippen molar-refractivity contribution in [3.05, 3.63) is 51.2 Å². The molecule has 108 valence electrons. The van der Waals surface area contributed by atoms with Gasteiger partial charge in [-0.05, 0) is 31.5 Å². The van der Waals surface area contributed by atoms with Gasteiger partial charge in [0.15, 0.2) is 0 Å². The summed E-state index contributed by atoms with van der Waals surface area (Å²) in [5.41, 5.74) is 1.10. The highest BCUT2D eigenvalue weighted by molar-refractivity contribution is 7.12. The second-order valence-electron chi connectivity index (χ2n) is 4.38. The first-order chi connectivity index (χ1) is 9.28. The van der Waals surface area contributed by atoms with E-state index in [4.69, 9.17) is 0 Å². The molecule has 0 radical (unpaired) electrons. The van der Waals surface area contributed by atoms with Crippen molar-refractivity contribution in [1.82, 2.24) is 0 Å². The number of halogens is 3. The van der Waals surface area contributed by atoms with Crippen LogP contribution in [-0.4, -0.2) is 11.5 Å². The van der Waals surface area contributed by atoms with E-state index in [1.807, 2.05) is 13.8 Å². The van der Waals surface area contributed by atoms with Gasteiger partial charge in [-0.15, -0.1) is 24.5 Å². The number of rotatable bonds is 3. The number of aliphatic hydroxyl groups excluding tert-OH is 1. The maximum absolute atomic E-state index is 12.4. The van der Waals surface area contributed by atoms with Crippen LogP contribution in [0.4, 0.5) is 13.2 Å². The zero-order valence-electron chi connectivity index (χ0n) is 10.9. The Balaban J connectivity index is 2.37. The Morgan fingerprint density at radius 3 is 2.40 bits per heavy atom. The minimum atomic E-state index is -4.78. The molecule has 0 aliphatic carbocycles. The van der Waals surface area contributed by atoms with Gasteiger partial charge in [0.1, 0.15) is 11.9 Å². The van der Waals surface area contributed by atoms with Crippen LogP contribution in [0, 0.1) is 13.8 Å². The fraction of sp³-hybridized carbons (Fsp3) is 0.286. The summed E-state index contributed by atoms with van der Waals surface area (Å²) in [6.07, 6.45) is -5.91. The van der Waals surface area contributed by atoms with Crippen molar-refractivity contribution in [2.24, 2.45) is 0 Å². The maximum atomic E-state index is 12.4. The number of aryl methyl sites for hydroxylation is 2. The number of para-hydroxylation sites is 1. The predicted octanol–water partition coefficient (Wildman–Crippen LogP) is 4.35. The van der Waals surface area contributed by atoms with Crippen molar-refractivity contribution < 1.29 is 23.0 Å². The van der Waals surface area contributed by atoms with Crippen LogP contribution in [-0.2, 0) is 0 Å². The van der Waals surface area contributed by atoms with E-state index in [0.717, 1.165) is 10.4 Å². The van der Waals surface area contributed by atoms with Gasteiger partial charge in [0.2, 0.25) is 0 Å². The molecule has 0 spiro atoms. The fourth-order valence-electron chi connectivity index (χ4n) is 1.81. The minimum Gasteiger partial charge on any atom is -0.405 e. The molecule has 1 unspecified atom stereocenters. The van der Waals surface area contributed by atoms with E-state index < -0.39 is 12.5 Å². The van der Waals surface area contributed by atoms with E-state index in [0.29, 0.717) is 4.88 Å². The van der Waals surface area contributed by atoms with Gasteiger partial charge in [-0.25, -0.2) is 0 Å². The molecule has 1 aromatic carbocycles. The molecule has 0 saturated heterocycles. The second kappa shape index (κ2) is 5.46. The van der Waals surface area contributed by atoms with Crippen molar-refractivity contribution in [3.8, 4) is 5.75 Å². The molecule has 0 saturated carbocycles. The van der Waals surface area contributed by atoms with E-state index in [1.165, 1.54) is 29.5 Å². The van der Waals surface area contributed by atoms with Crippen LogP contribution in [0.15, 0.2) is 30.3 Å². The first-order valence-corrected chi connectivity index (χ1v) is 6.69. The average Bonchev–Trinajstić information content (AvgIpc) is 2.67. The van der Waals surface area contributed by atoms with Crippen LogP contribution in [0.3, 0.4) is 0 Å². The second-order valence-corrected chi connectivity index (χ2v) is 5.66. The molecule has 0 amide bonds. The Labute approximate surface area is 118 Å². The van der Waals surface area contributed by atoms with Gasteiger partial charge in [0.05, 0.1) is 0 Å². The summed E-state index contributed by atoms with van der Waals surface area (Å²) in [4.78, 5) is 1.62. The largest absolute Gasteiger partial charge is 0.573 e. The van der Waals surface area contributed by atoms with Crippen LogP contribution in [0.25, 0.3) is 0 Å². The summed E-state index contributed by atoms with van der Waals surface area (Å²) < 4.78 is 41.0. The van der Waals surface area contributed by atoms with E-state index in [-0.39, 0.29) is 11.3 Å². The van der Waals surface area contributed by atoms with Crippen LogP contribution >= 0.6 is 11.3 Å². The zero-order chi connectivity index (χ0) is 14.9. The number of hydrogen-bond donors (Lipinski definition) is 1. The Morgan fingerprint density at radius 2 is 1.85 bits per heavy atom. The summed E-state index contributed by atoms with van der Waals surface area (Å²) in [7, 11) is 0. The Kier molecular flexibility index (Phi) is 4.06. The van der Waals surface area contributed by atoms with Crippen LogP contribution in [0.5, 0.6) is 5.75 Å². The van der Waals surface area contributed by atoms with Crippen LogP contribution < -0.4 is 4.74 Å². The molecule has 2 rings (SSSR count). The number of thiophene rings is 1. The molecule has 0 aliphatic heterocycles. The third-order valence-corrected chi connectivity index (χ3v) is 4.10. The van der Waals surface area contributed by atoms with Gasteiger partial charge < -0.3 is 9.84 Å². The number of ether oxygens (including phenoxy) is 1. The summed E-state index contributed by atoms with van der Waals surface area (Å²) in [6.45, 7) is 3.79. The van der Waals surface area contributed by atoms with Crippen molar-refractivity contribution >= 4 is 11.3 Å². The molecule has 0 fully saturated rings. The summed E-state index contributed by atoms with van der Waals surface area (Å²) in [5, 5.41) is 10.3. The highest BCUT2D eigenvalue weighted by Crippen LogP contribution is 2.36. The highest BCUT2D eigenvalue weighted by Gasteiger charge is 2.33. The molecule has 1 atom stereocenters. The third kappa shape index (κ3) is 3.32. The van der Waals surface area contributed by atoms with Crippen molar-refractivity contribution in [2.45, 2.75) is 26.3 Å². The maximum Gasteiger partial charge on any atom is 0.573 e. The van der Waals surface area contributed by atoms with Crippen molar-refractivity contribution in [3.63, 3.8) is 0 Å². The Bertz CT molecular complexity index is 585. The quantitative estimate of drug-likeness (QED) is 0.913. The zero-order valence-corrected chi connectivity index (χ0v) is 11.7. The lowest BCUT2D eigenvalue weighted by molar-refractivity contribution is -0.275. The summed E-state index contributed by atoms with van der Waals surface area (Å²) in [5.74, 6) is -0.379. The van der Waals surface area contributed by atoms with Gasteiger partial charge in [-0.1, -0.05) is 18.2 Å². The van der Waals surface area contributed by atoms with Gasteiger partial charge in [-0.2, -0.15) is 0 Å². The standard InChI is InChI=1S/C14H13F3O2S/c1-8-7-12(20-9(8)2)13(18)10-5-3-4-6-11(10)19-14(15,16)17/h3-7,13,18H,1-2H3. The van der Waals surface area contributed by atoms with Crippen molar-refractivity contribution in [1.29, 1.82) is 0 Å². The van der Waals surface area contributed by atoms with E-state index in [2.05, 4.69) is 4.74 Å². The summed E-state index contributed by atoms with van der Waals surface area (Å²) in [6, 6.07) is 7.39. The molecular formula is C14H13F3O2S. The molecule has 1 aromatic heterocycles. The molecule has 2 aromatic rings. The summed E-state index contributed by atoms with van der Waals surface area (Å²) >= 11 is 1.36. The molecular weight excluding hydrogens is 289 g/mol. The van der Waals surface area contributed by atoms with E-state index in [1.54, 1.807) is 12.1 Å². The lowest BCUT2D eigenvalue weighted by Crippen LogP contribution is -2.18.